The summed E-state index contributed by atoms with van der Waals surface area (Å²) in [5.74, 6) is 0.576. The van der Waals surface area contributed by atoms with E-state index in [1.54, 1.807) is 0 Å². The highest BCUT2D eigenvalue weighted by atomic mass is 35.5. The van der Waals surface area contributed by atoms with Crippen LogP contribution in [0.3, 0.4) is 0 Å². The lowest BCUT2D eigenvalue weighted by atomic mass is 10.4. The Morgan fingerprint density at radius 1 is 1.42 bits per heavy atom. The SMILES string of the molecule is CC(C)Nc1nc(Cl)ncc1Cl. The molecule has 0 aliphatic rings. The molecule has 1 aromatic heterocycles. The number of anilines is 1. The van der Waals surface area contributed by atoms with E-state index in [2.05, 4.69) is 15.3 Å². The van der Waals surface area contributed by atoms with Gasteiger partial charge in [-0.2, -0.15) is 4.98 Å². The van der Waals surface area contributed by atoms with Crippen LogP contribution < -0.4 is 5.32 Å². The number of halogens is 2. The van der Waals surface area contributed by atoms with Gasteiger partial charge in [-0.3, -0.25) is 0 Å². The third-order valence-electron chi connectivity index (χ3n) is 1.14. The van der Waals surface area contributed by atoms with E-state index >= 15 is 0 Å². The second-order valence-corrected chi connectivity index (χ2v) is 3.38. The molecule has 0 unspecified atom stereocenters. The van der Waals surface area contributed by atoms with Gasteiger partial charge >= 0.3 is 0 Å². The summed E-state index contributed by atoms with van der Waals surface area (Å²) >= 11 is 11.4. The van der Waals surface area contributed by atoms with Gasteiger partial charge in [-0.05, 0) is 25.4 Å². The molecule has 66 valence electrons. The summed E-state index contributed by atoms with van der Waals surface area (Å²) < 4.78 is 0. The third-order valence-corrected chi connectivity index (χ3v) is 1.60. The van der Waals surface area contributed by atoms with Gasteiger partial charge in [0.15, 0.2) is 0 Å². The van der Waals surface area contributed by atoms with E-state index < -0.39 is 0 Å². The predicted molar refractivity (Wildman–Crippen MR) is 50.8 cm³/mol. The second kappa shape index (κ2) is 3.92. The largest absolute Gasteiger partial charge is 0.367 e. The monoisotopic (exact) mass is 205 g/mol. The van der Waals surface area contributed by atoms with Crippen LogP contribution in [0.5, 0.6) is 0 Å². The van der Waals surface area contributed by atoms with Crippen molar-refractivity contribution in [2.75, 3.05) is 5.32 Å². The van der Waals surface area contributed by atoms with Crippen LogP contribution in [-0.2, 0) is 0 Å². The Hall–Kier alpha value is -0.540. The first-order valence-corrected chi connectivity index (χ1v) is 4.29. The van der Waals surface area contributed by atoms with Gasteiger partial charge in [-0.25, -0.2) is 4.98 Å². The number of nitrogens with one attached hydrogen (secondary N) is 1. The number of hydrogen-bond acceptors (Lipinski definition) is 3. The average Bonchev–Trinajstić information content (AvgIpc) is 1.96. The second-order valence-electron chi connectivity index (χ2n) is 2.63. The molecule has 0 amide bonds. The number of nitrogens with zero attached hydrogens (tertiary/aromatic N) is 2. The van der Waals surface area contributed by atoms with E-state index in [4.69, 9.17) is 23.2 Å². The van der Waals surface area contributed by atoms with Crippen molar-refractivity contribution in [3.05, 3.63) is 16.5 Å². The van der Waals surface area contributed by atoms with Crippen molar-refractivity contribution in [3.8, 4) is 0 Å². The van der Waals surface area contributed by atoms with Gasteiger partial charge < -0.3 is 5.32 Å². The van der Waals surface area contributed by atoms with Crippen molar-refractivity contribution in [1.82, 2.24) is 9.97 Å². The van der Waals surface area contributed by atoms with Crippen LogP contribution >= 0.6 is 23.2 Å². The van der Waals surface area contributed by atoms with Gasteiger partial charge in [0.1, 0.15) is 10.8 Å². The van der Waals surface area contributed by atoms with E-state index in [1.807, 2.05) is 13.8 Å². The van der Waals surface area contributed by atoms with E-state index in [0.717, 1.165) is 0 Å². The molecule has 0 atom stereocenters. The highest BCUT2D eigenvalue weighted by molar-refractivity contribution is 6.33. The van der Waals surface area contributed by atoms with E-state index in [0.29, 0.717) is 10.8 Å². The minimum atomic E-state index is 0.197. The smallest absolute Gasteiger partial charge is 0.224 e. The first-order chi connectivity index (χ1) is 5.59. The third kappa shape index (κ3) is 2.50. The minimum absolute atomic E-state index is 0.197. The summed E-state index contributed by atoms with van der Waals surface area (Å²) in [5.41, 5.74) is 0. The Morgan fingerprint density at radius 3 is 2.67 bits per heavy atom. The highest BCUT2D eigenvalue weighted by Gasteiger charge is 2.04. The Labute approximate surface area is 81.1 Å². The normalized spacial score (nSPS) is 10.4. The van der Waals surface area contributed by atoms with Gasteiger partial charge in [0.2, 0.25) is 5.28 Å². The number of rotatable bonds is 2. The van der Waals surface area contributed by atoms with Crippen molar-refractivity contribution in [3.63, 3.8) is 0 Å². The molecular formula is C7H9Cl2N3. The van der Waals surface area contributed by atoms with Crippen LogP contribution in [0.4, 0.5) is 5.82 Å². The molecule has 12 heavy (non-hydrogen) atoms. The molecule has 0 radical (unpaired) electrons. The lowest BCUT2D eigenvalue weighted by Gasteiger charge is -2.09. The van der Waals surface area contributed by atoms with Crippen molar-refractivity contribution in [2.45, 2.75) is 19.9 Å². The van der Waals surface area contributed by atoms with E-state index in [9.17, 15) is 0 Å². The maximum atomic E-state index is 5.79. The van der Waals surface area contributed by atoms with E-state index in [1.165, 1.54) is 6.20 Å². The van der Waals surface area contributed by atoms with Crippen LogP contribution in [-0.4, -0.2) is 16.0 Å². The van der Waals surface area contributed by atoms with Gasteiger partial charge in [-0.1, -0.05) is 11.6 Å². The predicted octanol–water partition coefficient (Wildman–Crippen LogP) is 2.60. The molecule has 0 saturated heterocycles. The maximum absolute atomic E-state index is 5.79. The van der Waals surface area contributed by atoms with Crippen LogP contribution in [0, 0.1) is 0 Å². The Kier molecular flexibility index (Phi) is 3.12. The molecular weight excluding hydrogens is 197 g/mol. The van der Waals surface area contributed by atoms with Crippen LogP contribution in [0.1, 0.15) is 13.8 Å². The zero-order valence-electron chi connectivity index (χ0n) is 6.81. The lowest BCUT2D eigenvalue weighted by Crippen LogP contribution is -2.11. The first-order valence-electron chi connectivity index (χ1n) is 3.54. The molecule has 0 aromatic carbocycles. The van der Waals surface area contributed by atoms with Crippen molar-refractivity contribution in [2.24, 2.45) is 0 Å². The van der Waals surface area contributed by atoms with Gasteiger partial charge in [-0.15, -0.1) is 0 Å². The lowest BCUT2D eigenvalue weighted by molar-refractivity contribution is 0.886. The Balaban J connectivity index is 2.90. The zero-order valence-corrected chi connectivity index (χ0v) is 8.32. The number of aromatic nitrogens is 2. The van der Waals surface area contributed by atoms with Crippen LogP contribution in [0.2, 0.25) is 10.3 Å². The molecule has 0 aliphatic carbocycles. The fourth-order valence-electron chi connectivity index (χ4n) is 0.720. The molecule has 5 heteroatoms. The fourth-order valence-corrected chi connectivity index (χ4v) is 0.999. The molecule has 1 heterocycles. The summed E-state index contributed by atoms with van der Waals surface area (Å²) in [7, 11) is 0. The standard InChI is InChI=1S/C7H9Cl2N3/c1-4(2)11-6-5(8)3-10-7(9)12-6/h3-4H,1-2H3,(H,10,11,12). The van der Waals surface area contributed by atoms with Crippen LogP contribution in [0.25, 0.3) is 0 Å². The molecule has 1 N–H and O–H groups in total. The van der Waals surface area contributed by atoms with Gasteiger partial charge in [0.25, 0.3) is 0 Å². The molecule has 1 rings (SSSR count). The molecule has 0 fully saturated rings. The van der Waals surface area contributed by atoms with Crippen molar-refractivity contribution >= 4 is 29.0 Å². The van der Waals surface area contributed by atoms with Gasteiger partial charge in [0.05, 0.1) is 6.20 Å². The van der Waals surface area contributed by atoms with Crippen molar-refractivity contribution in [1.29, 1.82) is 0 Å². The fraction of sp³-hybridized carbons (Fsp3) is 0.429. The summed E-state index contributed by atoms with van der Waals surface area (Å²) in [4.78, 5) is 7.65. The average molecular weight is 206 g/mol. The highest BCUT2D eigenvalue weighted by Crippen LogP contribution is 2.19. The molecule has 3 nitrogen and oxygen atoms in total. The van der Waals surface area contributed by atoms with Crippen LogP contribution in [0.15, 0.2) is 6.20 Å². The van der Waals surface area contributed by atoms with Gasteiger partial charge in [0, 0.05) is 6.04 Å². The molecule has 0 bridgehead atoms. The topological polar surface area (TPSA) is 37.8 Å². The maximum Gasteiger partial charge on any atom is 0.224 e. The minimum Gasteiger partial charge on any atom is -0.367 e. The molecule has 0 aliphatic heterocycles. The summed E-state index contributed by atoms with van der Waals surface area (Å²) in [5, 5.41) is 3.72. The molecule has 0 spiro atoms. The number of hydrogen-bond donors (Lipinski definition) is 1. The first kappa shape index (κ1) is 9.55. The molecule has 1 aromatic rings. The van der Waals surface area contributed by atoms with E-state index in [-0.39, 0.29) is 11.3 Å². The summed E-state index contributed by atoms with van der Waals surface area (Å²) in [6.45, 7) is 3.98. The Morgan fingerprint density at radius 2 is 2.08 bits per heavy atom. The Bertz CT molecular complexity index is 275. The van der Waals surface area contributed by atoms with Crippen molar-refractivity contribution < 1.29 is 0 Å². The summed E-state index contributed by atoms with van der Waals surface area (Å²) in [6.07, 6.45) is 1.47. The zero-order chi connectivity index (χ0) is 9.14. The molecule has 0 saturated carbocycles. The summed E-state index contributed by atoms with van der Waals surface area (Å²) in [6, 6.07) is 0.272. The quantitative estimate of drug-likeness (QED) is 0.755.